The minimum atomic E-state index is -4.56. The Hall–Kier alpha value is -3.46. The third-order valence-electron chi connectivity index (χ3n) is 6.95. The fourth-order valence-electron chi connectivity index (χ4n) is 4.94. The molecule has 4 aromatic rings. The molecule has 0 radical (unpaired) electrons. The Morgan fingerprint density at radius 3 is 2.57 bits per heavy atom. The lowest BCUT2D eigenvalue weighted by molar-refractivity contribution is -0.140. The number of halogens is 4. The molecule has 0 spiro atoms. The van der Waals surface area contributed by atoms with Crippen LogP contribution in [0.15, 0.2) is 52.9 Å². The maximum atomic E-state index is 13.5. The average molecular weight is 532 g/mol. The smallest absolute Gasteiger partial charge is 0.433 e. The molecule has 5 rings (SSSR count). The molecule has 0 saturated heterocycles. The van der Waals surface area contributed by atoms with Gasteiger partial charge in [-0.1, -0.05) is 11.6 Å². The normalized spacial score (nSPS) is 18.2. The number of hydrogen-bond acceptors (Lipinski definition) is 5. The van der Waals surface area contributed by atoms with Gasteiger partial charge in [0.2, 0.25) is 0 Å². The predicted molar refractivity (Wildman–Crippen MR) is 136 cm³/mol. The average Bonchev–Trinajstić information content (AvgIpc) is 3.31. The van der Waals surface area contributed by atoms with E-state index in [0.29, 0.717) is 53.1 Å². The summed E-state index contributed by atoms with van der Waals surface area (Å²) in [4.78, 5) is 18.5. The van der Waals surface area contributed by atoms with Crippen LogP contribution >= 0.6 is 11.6 Å². The van der Waals surface area contributed by atoms with E-state index < -0.39 is 11.9 Å². The van der Waals surface area contributed by atoms with Gasteiger partial charge in [0.05, 0.1) is 12.6 Å². The molecule has 1 N–H and O–H groups in total. The molecule has 6 nitrogen and oxygen atoms in total. The second kappa shape index (κ2) is 9.78. The number of furan rings is 1. The molecule has 0 aliphatic heterocycles. The van der Waals surface area contributed by atoms with Gasteiger partial charge in [-0.3, -0.25) is 4.79 Å². The van der Waals surface area contributed by atoms with Crippen LogP contribution in [-0.4, -0.2) is 37.1 Å². The number of carbonyl (C=O) groups excluding carboxylic acids is 1. The van der Waals surface area contributed by atoms with Crippen LogP contribution in [0.2, 0.25) is 5.02 Å². The number of hydrogen-bond donors (Lipinski definition) is 1. The van der Waals surface area contributed by atoms with Gasteiger partial charge >= 0.3 is 6.18 Å². The van der Waals surface area contributed by atoms with Crippen molar-refractivity contribution >= 4 is 45.1 Å². The number of aromatic nitrogens is 1. The molecule has 0 bridgehead atoms. The van der Waals surface area contributed by atoms with Crippen LogP contribution < -0.4 is 15.0 Å². The molecule has 2 aromatic carbocycles. The number of nitrogens with one attached hydrogen (secondary N) is 1. The summed E-state index contributed by atoms with van der Waals surface area (Å²) >= 11 is 6.15. The molecule has 1 aliphatic rings. The summed E-state index contributed by atoms with van der Waals surface area (Å²) in [6, 6.07) is 12.7. The van der Waals surface area contributed by atoms with Crippen molar-refractivity contribution in [3.05, 3.63) is 65.0 Å². The number of methoxy groups -OCH3 is 1. The molecular formula is C27H25ClF3N3O3. The van der Waals surface area contributed by atoms with Gasteiger partial charge in [-0.2, -0.15) is 13.2 Å². The van der Waals surface area contributed by atoms with Gasteiger partial charge in [-0.25, -0.2) is 4.98 Å². The summed E-state index contributed by atoms with van der Waals surface area (Å²) in [5, 5.41) is 4.81. The lowest BCUT2D eigenvalue weighted by Crippen LogP contribution is -2.43. The first-order valence-electron chi connectivity index (χ1n) is 11.9. The van der Waals surface area contributed by atoms with E-state index in [-0.39, 0.29) is 29.3 Å². The summed E-state index contributed by atoms with van der Waals surface area (Å²) in [7, 11) is 3.37. The molecule has 1 amide bonds. The summed E-state index contributed by atoms with van der Waals surface area (Å²) in [5.41, 5.74) is 0.336. The maximum absolute atomic E-state index is 13.5. The van der Waals surface area contributed by atoms with Crippen LogP contribution in [0.4, 0.5) is 18.9 Å². The van der Waals surface area contributed by atoms with E-state index in [0.717, 1.165) is 11.5 Å². The van der Waals surface area contributed by atoms with Crippen LogP contribution in [0.1, 0.15) is 41.9 Å². The van der Waals surface area contributed by atoms with Crippen molar-refractivity contribution in [2.75, 3.05) is 19.1 Å². The van der Waals surface area contributed by atoms with Crippen molar-refractivity contribution < 1.29 is 27.1 Å². The molecule has 0 unspecified atom stereocenters. The standard InChI is InChI=1S/C27H25ClF3N3O3/c1-34(22-14-25(27(29,30)31)33-21-9-3-16(28)13-20(21)22)18-6-4-17(5-7-18)32-26(35)24-12-15-11-19(36-2)8-10-23(15)37-24/h3,8-14,17-18H,4-7H2,1-2H3,(H,32,35). The first kappa shape index (κ1) is 25.2. The van der Waals surface area contributed by atoms with Crippen LogP contribution in [0.5, 0.6) is 5.75 Å². The van der Waals surface area contributed by atoms with E-state index in [2.05, 4.69) is 10.3 Å². The zero-order chi connectivity index (χ0) is 26.3. The van der Waals surface area contributed by atoms with Crippen LogP contribution in [0, 0.1) is 0 Å². The number of fused-ring (bicyclic) bond motifs is 2. The maximum Gasteiger partial charge on any atom is 0.433 e. The van der Waals surface area contributed by atoms with Gasteiger partial charge in [0.15, 0.2) is 5.76 Å². The summed E-state index contributed by atoms with van der Waals surface area (Å²) < 4.78 is 51.5. The SMILES string of the molecule is COc1ccc2oc(C(=O)NC3CCC(N(C)c4cc(C(F)(F)F)nc5ccc(Cl)cc45)CC3)cc2c1. The molecular weight excluding hydrogens is 507 g/mol. The zero-order valence-corrected chi connectivity index (χ0v) is 21.0. The fourth-order valence-corrected chi connectivity index (χ4v) is 5.11. The summed E-state index contributed by atoms with van der Waals surface area (Å²) in [6.07, 6.45) is -1.79. The van der Waals surface area contributed by atoms with Crippen molar-refractivity contribution in [1.29, 1.82) is 0 Å². The molecule has 2 aromatic heterocycles. The number of nitrogens with zero attached hydrogens (tertiary/aromatic N) is 2. The van der Waals surface area contributed by atoms with E-state index in [1.807, 2.05) is 4.90 Å². The molecule has 1 saturated carbocycles. The Balaban J connectivity index is 1.29. The lowest BCUT2D eigenvalue weighted by atomic mass is 9.89. The van der Waals surface area contributed by atoms with Crippen molar-refractivity contribution in [2.45, 2.75) is 43.9 Å². The third-order valence-corrected chi connectivity index (χ3v) is 7.18. The van der Waals surface area contributed by atoms with Gasteiger partial charge in [-0.15, -0.1) is 0 Å². The van der Waals surface area contributed by atoms with Crippen molar-refractivity contribution in [3.8, 4) is 5.75 Å². The number of amides is 1. The summed E-state index contributed by atoms with van der Waals surface area (Å²) in [6.45, 7) is 0. The van der Waals surface area contributed by atoms with E-state index in [1.165, 1.54) is 12.1 Å². The minimum absolute atomic E-state index is 0.00233. The molecule has 37 heavy (non-hydrogen) atoms. The molecule has 2 heterocycles. The molecule has 1 fully saturated rings. The van der Waals surface area contributed by atoms with Crippen LogP contribution in [0.3, 0.4) is 0 Å². The van der Waals surface area contributed by atoms with E-state index in [1.54, 1.807) is 44.5 Å². The first-order chi connectivity index (χ1) is 17.6. The Labute approximate surface area is 216 Å². The number of rotatable bonds is 5. The number of benzene rings is 2. The highest BCUT2D eigenvalue weighted by Gasteiger charge is 2.35. The highest BCUT2D eigenvalue weighted by atomic mass is 35.5. The minimum Gasteiger partial charge on any atom is -0.497 e. The summed E-state index contributed by atoms with van der Waals surface area (Å²) in [5.74, 6) is 0.605. The van der Waals surface area contributed by atoms with Gasteiger partial charge in [-0.05, 0) is 74.2 Å². The van der Waals surface area contributed by atoms with Gasteiger partial charge in [0.25, 0.3) is 5.91 Å². The fraction of sp³-hybridized carbons (Fsp3) is 0.333. The highest BCUT2D eigenvalue weighted by Crippen LogP contribution is 2.37. The Bertz CT molecular complexity index is 1460. The lowest BCUT2D eigenvalue weighted by Gasteiger charge is -2.36. The second-order valence-electron chi connectivity index (χ2n) is 9.29. The Morgan fingerprint density at radius 1 is 1.11 bits per heavy atom. The number of carbonyl (C=O) groups is 1. The quantitative estimate of drug-likeness (QED) is 0.305. The Kier molecular flexibility index (Phi) is 6.66. The molecule has 194 valence electrons. The predicted octanol–water partition coefficient (Wildman–Crippen LogP) is 6.84. The monoisotopic (exact) mass is 531 g/mol. The number of ether oxygens (including phenoxy) is 1. The molecule has 0 atom stereocenters. The van der Waals surface area contributed by atoms with Crippen LogP contribution in [0.25, 0.3) is 21.9 Å². The second-order valence-corrected chi connectivity index (χ2v) is 9.73. The Morgan fingerprint density at radius 2 is 1.86 bits per heavy atom. The third kappa shape index (κ3) is 5.18. The highest BCUT2D eigenvalue weighted by molar-refractivity contribution is 6.31. The van der Waals surface area contributed by atoms with Gasteiger partial charge in [0.1, 0.15) is 17.0 Å². The number of anilines is 1. The zero-order valence-electron chi connectivity index (χ0n) is 20.2. The molecule has 10 heteroatoms. The van der Waals surface area contributed by atoms with Gasteiger partial charge in [0, 0.05) is 40.6 Å². The van der Waals surface area contributed by atoms with Crippen LogP contribution in [-0.2, 0) is 6.18 Å². The van der Waals surface area contributed by atoms with E-state index in [4.69, 9.17) is 20.8 Å². The largest absolute Gasteiger partial charge is 0.497 e. The van der Waals surface area contributed by atoms with Crippen molar-refractivity contribution in [2.24, 2.45) is 0 Å². The number of alkyl halides is 3. The van der Waals surface area contributed by atoms with Crippen molar-refractivity contribution in [1.82, 2.24) is 10.3 Å². The van der Waals surface area contributed by atoms with E-state index in [9.17, 15) is 18.0 Å². The topological polar surface area (TPSA) is 67.6 Å². The first-order valence-corrected chi connectivity index (χ1v) is 12.3. The van der Waals surface area contributed by atoms with E-state index >= 15 is 0 Å². The molecule has 1 aliphatic carbocycles. The van der Waals surface area contributed by atoms with Gasteiger partial charge < -0.3 is 19.4 Å². The number of pyridine rings is 1. The van der Waals surface area contributed by atoms with Crippen molar-refractivity contribution in [3.63, 3.8) is 0 Å².